The molecule has 0 bridgehead atoms. The Balaban J connectivity index is 1.52. The van der Waals surface area contributed by atoms with Gasteiger partial charge in [-0.2, -0.15) is 0 Å². The number of carbonyl (C=O) groups is 2. The van der Waals surface area contributed by atoms with Crippen LogP contribution in [-0.2, 0) is 10.5 Å². The minimum atomic E-state index is -0.156. The van der Waals surface area contributed by atoms with E-state index in [2.05, 4.69) is 10.5 Å². The molecule has 6 nitrogen and oxygen atoms in total. The van der Waals surface area contributed by atoms with E-state index in [9.17, 15) is 9.59 Å². The first-order valence-corrected chi connectivity index (χ1v) is 9.82. The van der Waals surface area contributed by atoms with Crippen LogP contribution in [-0.4, -0.2) is 41.5 Å². The smallest absolute Gasteiger partial charge is 0.252 e. The first-order chi connectivity index (χ1) is 12.6. The maximum Gasteiger partial charge on any atom is 0.252 e. The monoisotopic (exact) mass is 373 g/mol. The third kappa shape index (κ3) is 4.88. The molecule has 0 spiro atoms. The van der Waals surface area contributed by atoms with E-state index < -0.39 is 0 Å². The highest BCUT2D eigenvalue weighted by atomic mass is 32.2. The molecule has 0 aliphatic carbocycles. The third-order valence-electron chi connectivity index (χ3n) is 4.26. The highest BCUT2D eigenvalue weighted by Gasteiger charge is 2.18. The van der Waals surface area contributed by atoms with Crippen LogP contribution in [0.5, 0.6) is 0 Å². The number of benzene rings is 1. The zero-order chi connectivity index (χ0) is 18.4. The van der Waals surface area contributed by atoms with Crippen molar-refractivity contribution < 1.29 is 14.1 Å². The molecule has 2 aromatic rings. The summed E-state index contributed by atoms with van der Waals surface area (Å²) in [6, 6.07) is 9.35. The second kappa shape index (κ2) is 8.89. The lowest BCUT2D eigenvalue weighted by atomic mass is 10.2. The summed E-state index contributed by atoms with van der Waals surface area (Å²) in [6.45, 7) is 3.91. The topological polar surface area (TPSA) is 75.4 Å². The number of carbonyl (C=O) groups excluding carboxylic acids is 2. The van der Waals surface area contributed by atoms with Crippen LogP contribution < -0.4 is 5.32 Å². The molecule has 26 heavy (non-hydrogen) atoms. The van der Waals surface area contributed by atoms with Crippen molar-refractivity contribution in [2.45, 2.75) is 36.8 Å². The number of amides is 2. The zero-order valence-corrected chi connectivity index (χ0v) is 15.7. The Labute approximate surface area is 157 Å². The minimum absolute atomic E-state index is 0.117. The van der Waals surface area contributed by atoms with Crippen LogP contribution in [0.1, 0.15) is 41.1 Å². The summed E-state index contributed by atoms with van der Waals surface area (Å²) in [6.07, 6.45) is 2.50. The Morgan fingerprint density at radius 1 is 1.27 bits per heavy atom. The zero-order valence-electron chi connectivity index (χ0n) is 14.9. The Morgan fingerprint density at radius 2 is 2.04 bits per heavy atom. The van der Waals surface area contributed by atoms with Crippen LogP contribution in [0.25, 0.3) is 0 Å². The van der Waals surface area contributed by atoms with Crippen molar-refractivity contribution >= 4 is 23.6 Å². The number of rotatable bonds is 7. The van der Waals surface area contributed by atoms with E-state index in [0.29, 0.717) is 24.3 Å². The van der Waals surface area contributed by atoms with Gasteiger partial charge in [0.2, 0.25) is 5.91 Å². The predicted octanol–water partition coefficient (Wildman–Crippen LogP) is 3.02. The molecule has 1 N–H and O–H groups in total. The minimum Gasteiger partial charge on any atom is -0.360 e. The summed E-state index contributed by atoms with van der Waals surface area (Å²) >= 11 is 1.53. The Bertz CT molecular complexity index is 769. The average molecular weight is 373 g/mol. The number of nitrogens with one attached hydrogen (secondary N) is 1. The van der Waals surface area contributed by atoms with E-state index in [-0.39, 0.29) is 11.8 Å². The second-order valence-corrected chi connectivity index (χ2v) is 7.33. The molecule has 2 heterocycles. The number of aryl methyl sites for hydroxylation is 1. The summed E-state index contributed by atoms with van der Waals surface area (Å²) in [5.74, 6) is 1.35. The van der Waals surface area contributed by atoms with Gasteiger partial charge in [0.05, 0.1) is 17.0 Å². The first-order valence-electron chi connectivity index (χ1n) is 8.83. The lowest BCUT2D eigenvalue weighted by Crippen LogP contribution is -2.32. The van der Waals surface area contributed by atoms with E-state index >= 15 is 0 Å². The molecule has 7 heteroatoms. The predicted molar refractivity (Wildman–Crippen MR) is 100 cm³/mol. The van der Waals surface area contributed by atoms with Gasteiger partial charge in [-0.3, -0.25) is 9.59 Å². The Kier molecular flexibility index (Phi) is 6.33. The third-order valence-corrected chi connectivity index (χ3v) is 5.36. The van der Waals surface area contributed by atoms with Gasteiger partial charge in [-0.15, -0.1) is 11.8 Å². The standard InChI is InChI=1S/C19H23N3O3S/c1-14-12-15(25-21-14)13-26-17-7-3-2-6-16(17)19(24)20-9-8-18(23)22-10-4-5-11-22/h2-3,6-7,12H,4-5,8-11,13H2,1H3,(H,20,24). The van der Waals surface area contributed by atoms with Crippen molar-refractivity contribution in [3.8, 4) is 0 Å². The van der Waals surface area contributed by atoms with Crippen molar-refractivity contribution in [2.75, 3.05) is 19.6 Å². The Hall–Kier alpha value is -2.28. The normalized spacial score (nSPS) is 13.8. The van der Waals surface area contributed by atoms with Gasteiger partial charge in [-0.25, -0.2) is 0 Å². The van der Waals surface area contributed by atoms with Gasteiger partial charge in [0.25, 0.3) is 5.91 Å². The summed E-state index contributed by atoms with van der Waals surface area (Å²) in [7, 11) is 0. The van der Waals surface area contributed by atoms with Gasteiger partial charge in [-0.05, 0) is 31.9 Å². The SMILES string of the molecule is Cc1cc(CSc2ccccc2C(=O)NCCC(=O)N2CCCC2)on1. The molecule has 1 aromatic heterocycles. The highest BCUT2D eigenvalue weighted by Crippen LogP contribution is 2.26. The molecule has 0 atom stereocenters. The van der Waals surface area contributed by atoms with Gasteiger partial charge < -0.3 is 14.7 Å². The molecule has 2 amide bonds. The fraction of sp³-hybridized carbons (Fsp3) is 0.421. The molecule has 1 fully saturated rings. The van der Waals surface area contributed by atoms with E-state index in [1.54, 1.807) is 6.07 Å². The molecule has 138 valence electrons. The van der Waals surface area contributed by atoms with Gasteiger partial charge in [0.1, 0.15) is 5.76 Å². The summed E-state index contributed by atoms with van der Waals surface area (Å²) in [5.41, 5.74) is 1.46. The molecular weight excluding hydrogens is 350 g/mol. The average Bonchev–Trinajstić information content (AvgIpc) is 3.32. The molecule has 1 saturated heterocycles. The number of hydrogen-bond acceptors (Lipinski definition) is 5. The van der Waals surface area contributed by atoms with E-state index in [0.717, 1.165) is 42.3 Å². The molecule has 0 saturated carbocycles. The van der Waals surface area contributed by atoms with Crippen molar-refractivity contribution in [3.05, 3.63) is 47.3 Å². The molecular formula is C19H23N3O3S. The summed E-state index contributed by atoms with van der Waals surface area (Å²) in [5, 5.41) is 6.73. The van der Waals surface area contributed by atoms with Crippen LogP contribution in [0.4, 0.5) is 0 Å². The number of nitrogens with zero attached hydrogens (tertiary/aromatic N) is 2. The van der Waals surface area contributed by atoms with Gasteiger partial charge >= 0.3 is 0 Å². The quantitative estimate of drug-likeness (QED) is 0.755. The summed E-state index contributed by atoms with van der Waals surface area (Å²) < 4.78 is 5.21. The molecule has 0 unspecified atom stereocenters. The van der Waals surface area contributed by atoms with Crippen molar-refractivity contribution in [1.82, 2.24) is 15.4 Å². The maximum atomic E-state index is 12.5. The molecule has 1 aliphatic rings. The summed E-state index contributed by atoms with van der Waals surface area (Å²) in [4.78, 5) is 27.3. The first kappa shape index (κ1) is 18.5. The van der Waals surface area contributed by atoms with Crippen molar-refractivity contribution in [2.24, 2.45) is 0 Å². The van der Waals surface area contributed by atoms with Crippen LogP contribution in [0.15, 0.2) is 39.8 Å². The van der Waals surface area contributed by atoms with Crippen molar-refractivity contribution in [1.29, 1.82) is 0 Å². The number of aromatic nitrogens is 1. The van der Waals surface area contributed by atoms with Crippen LogP contribution in [0.2, 0.25) is 0 Å². The largest absolute Gasteiger partial charge is 0.360 e. The number of thioether (sulfide) groups is 1. The molecule has 1 aromatic carbocycles. The van der Waals surface area contributed by atoms with Gasteiger partial charge in [-0.1, -0.05) is 17.3 Å². The number of likely N-dealkylation sites (tertiary alicyclic amines) is 1. The second-order valence-electron chi connectivity index (χ2n) is 6.31. The Morgan fingerprint density at radius 3 is 2.77 bits per heavy atom. The van der Waals surface area contributed by atoms with Crippen LogP contribution in [0.3, 0.4) is 0 Å². The fourth-order valence-electron chi connectivity index (χ4n) is 2.92. The molecule has 3 rings (SSSR count). The van der Waals surface area contributed by atoms with Gasteiger partial charge in [0, 0.05) is 37.0 Å². The molecule has 0 radical (unpaired) electrons. The van der Waals surface area contributed by atoms with Crippen LogP contribution >= 0.6 is 11.8 Å². The van der Waals surface area contributed by atoms with Crippen molar-refractivity contribution in [3.63, 3.8) is 0 Å². The fourth-order valence-corrected chi connectivity index (χ4v) is 3.84. The lowest BCUT2D eigenvalue weighted by Gasteiger charge is -2.15. The van der Waals surface area contributed by atoms with E-state index in [4.69, 9.17) is 4.52 Å². The van der Waals surface area contributed by atoms with E-state index in [1.807, 2.05) is 36.1 Å². The van der Waals surface area contributed by atoms with E-state index in [1.165, 1.54) is 11.8 Å². The lowest BCUT2D eigenvalue weighted by molar-refractivity contribution is -0.129. The van der Waals surface area contributed by atoms with Crippen LogP contribution in [0, 0.1) is 6.92 Å². The highest BCUT2D eigenvalue weighted by molar-refractivity contribution is 7.98. The van der Waals surface area contributed by atoms with Gasteiger partial charge in [0.15, 0.2) is 0 Å². The maximum absolute atomic E-state index is 12.5. The number of hydrogen-bond donors (Lipinski definition) is 1. The molecule has 1 aliphatic heterocycles.